The van der Waals surface area contributed by atoms with Gasteiger partial charge in [0.1, 0.15) is 24.4 Å². The number of ether oxygens (including phenoxy) is 1. The van der Waals surface area contributed by atoms with E-state index in [1.54, 1.807) is 6.20 Å². The topological polar surface area (TPSA) is 155 Å². The number of aromatic amines is 1. The van der Waals surface area contributed by atoms with E-state index < -0.39 is 49.3 Å². The van der Waals surface area contributed by atoms with Crippen LogP contribution >= 0.6 is 0 Å². The number of aromatic nitrogens is 1. The number of aliphatic carboxylic acids is 1. The number of para-hydroxylation sites is 1. The SMILES string of the molecule is O=C(O)C(Cc1c[nH]c2ccccc12)NCC1(O)OC(CO)C(O)C1O. The highest BCUT2D eigenvalue weighted by atomic mass is 16.7. The zero-order valence-electron chi connectivity index (χ0n) is 13.9. The highest BCUT2D eigenvalue weighted by Gasteiger charge is 2.53. The molecular weight excluding hydrogens is 344 g/mol. The van der Waals surface area contributed by atoms with Gasteiger partial charge in [0.25, 0.3) is 0 Å². The maximum absolute atomic E-state index is 11.6. The molecule has 0 radical (unpaired) electrons. The fourth-order valence-corrected chi connectivity index (χ4v) is 3.20. The number of rotatable bonds is 7. The first-order valence-corrected chi connectivity index (χ1v) is 8.24. The van der Waals surface area contributed by atoms with E-state index >= 15 is 0 Å². The lowest BCUT2D eigenvalue weighted by Crippen LogP contribution is -2.54. The predicted octanol–water partition coefficient (Wildman–Crippen LogP) is -1.45. The molecule has 5 unspecified atom stereocenters. The molecule has 0 saturated carbocycles. The Hall–Kier alpha value is -2.01. The van der Waals surface area contributed by atoms with Gasteiger partial charge in [0.15, 0.2) is 0 Å². The van der Waals surface area contributed by atoms with Gasteiger partial charge in [0, 0.05) is 23.5 Å². The number of hydrogen-bond donors (Lipinski definition) is 7. The van der Waals surface area contributed by atoms with Gasteiger partial charge in [-0.1, -0.05) is 18.2 Å². The number of H-pyrrole nitrogens is 1. The normalized spacial score (nSPS) is 29.9. The van der Waals surface area contributed by atoms with Crippen LogP contribution in [0.4, 0.5) is 0 Å². The van der Waals surface area contributed by atoms with Crippen LogP contribution in [0.15, 0.2) is 30.5 Å². The maximum atomic E-state index is 11.6. The number of hydrogen-bond acceptors (Lipinski definition) is 7. The smallest absolute Gasteiger partial charge is 0.321 e. The van der Waals surface area contributed by atoms with Gasteiger partial charge in [0.2, 0.25) is 5.79 Å². The van der Waals surface area contributed by atoms with Crippen molar-refractivity contribution in [2.75, 3.05) is 13.2 Å². The molecule has 1 fully saturated rings. The van der Waals surface area contributed by atoms with E-state index in [1.165, 1.54) is 0 Å². The molecule has 5 atom stereocenters. The van der Waals surface area contributed by atoms with Gasteiger partial charge >= 0.3 is 5.97 Å². The van der Waals surface area contributed by atoms with E-state index in [-0.39, 0.29) is 6.42 Å². The van der Waals surface area contributed by atoms with Crippen LogP contribution in [-0.2, 0) is 16.0 Å². The zero-order valence-corrected chi connectivity index (χ0v) is 13.9. The summed E-state index contributed by atoms with van der Waals surface area (Å²) in [4.78, 5) is 14.7. The van der Waals surface area contributed by atoms with Crippen molar-refractivity contribution in [3.63, 3.8) is 0 Å². The summed E-state index contributed by atoms with van der Waals surface area (Å²) in [5.74, 6) is -3.33. The average molecular weight is 366 g/mol. The number of benzene rings is 1. The standard InChI is InChI=1S/C17H22N2O7/c20-7-13-14(21)15(22)17(25,26-13)8-19-12(16(23)24)5-9-6-18-11-4-2-1-3-10(9)11/h1-4,6,12-15,18-22,25H,5,7-8H2,(H,23,24). The van der Waals surface area contributed by atoms with Crippen molar-refractivity contribution >= 4 is 16.9 Å². The van der Waals surface area contributed by atoms with Crippen molar-refractivity contribution in [3.8, 4) is 0 Å². The monoisotopic (exact) mass is 366 g/mol. The van der Waals surface area contributed by atoms with Gasteiger partial charge in [-0.3, -0.25) is 10.1 Å². The number of carbonyl (C=O) groups is 1. The Morgan fingerprint density at radius 1 is 1.35 bits per heavy atom. The Kier molecular flexibility index (Phi) is 5.28. The lowest BCUT2D eigenvalue weighted by molar-refractivity contribution is -0.227. The minimum absolute atomic E-state index is 0.136. The molecule has 1 saturated heterocycles. The zero-order chi connectivity index (χ0) is 18.9. The number of carboxylic acid groups (broad SMARTS) is 1. The number of aliphatic hydroxyl groups excluding tert-OH is 3. The first kappa shape index (κ1) is 18.8. The predicted molar refractivity (Wildman–Crippen MR) is 90.4 cm³/mol. The van der Waals surface area contributed by atoms with E-state index in [2.05, 4.69) is 10.3 Å². The molecular formula is C17H22N2O7. The second-order valence-electron chi connectivity index (χ2n) is 6.45. The van der Waals surface area contributed by atoms with Crippen LogP contribution in [-0.4, -0.2) is 79.8 Å². The lowest BCUT2D eigenvalue weighted by Gasteiger charge is -2.28. The van der Waals surface area contributed by atoms with Crippen LogP contribution < -0.4 is 5.32 Å². The summed E-state index contributed by atoms with van der Waals surface area (Å²) in [7, 11) is 0. The molecule has 26 heavy (non-hydrogen) atoms. The van der Waals surface area contributed by atoms with Crippen LogP contribution in [0.25, 0.3) is 10.9 Å². The average Bonchev–Trinajstić information content (AvgIpc) is 3.13. The Morgan fingerprint density at radius 3 is 2.73 bits per heavy atom. The van der Waals surface area contributed by atoms with Gasteiger partial charge in [-0.2, -0.15) is 0 Å². The highest BCUT2D eigenvalue weighted by Crippen LogP contribution is 2.29. The molecule has 2 heterocycles. The van der Waals surface area contributed by atoms with E-state index in [4.69, 9.17) is 9.84 Å². The van der Waals surface area contributed by atoms with E-state index in [0.717, 1.165) is 16.5 Å². The van der Waals surface area contributed by atoms with Gasteiger partial charge in [-0.25, -0.2) is 0 Å². The molecule has 9 heteroatoms. The van der Waals surface area contributed by atoms with Gasteiger partial charge in [-0.15, -0.1) is 0 Å². The van der Waals surface area contributed by atoms with Gasteiger partial charge < -0.3 is 35.3 Å². The Balaban J connectivity index is 1.71. The molecule has 9 nitrogen and oxygen atoms in total. The first-order valence-electron chi connectivity index (χ1n) is 8.24. The second-order valence-corrected chi connectivity index (χ2v) is 6.45. The summed E-state index contributed by atoms with van der Waals surface area (Å²) in [5, 5.41) is 52.2. The molecule has 3 rings (SSSR count). The van der Waals surface area contributed by atoms with E-state index in [0.29, 0.717) is 0 Å². The van der Waals surface area contributed by atoms with Crippen LogP contribution in [0, 0.1) is 0 Å². The fourth-order valence-electron chi connectivity index (χ4n) is 3.20. The van der Waals surface area contributed by atoms with Crippen LogP contribution in [0.2, 0.25) is 0 Å². The number of nitrogens with one attached hydrogen (secondary N) is 2. The largest absolute Gasteiger partial charge is 0.480 e. The van der Waals surface area contributed by atoms with Crippen molar-refractivity contribution in [2.24, 2.45) is 0 Å². The van der Waals surface area contributed by atoms with Crippen molar-refractivity contribution in [2.45, 2.75) is 36.6 Å². The second kappa shape index (κ2) is 7.31. The molecule has 7 N–H and O–H groups in total. The number of fused-ring (bicyclic) bond motifs is 1. The van der Waals surface area contributed by atoms with Crippen LogP contribution in [0.1, 0.15) is 5.56 Å². The molecule has 0 amide bonds. The van der Waals surface area contributed by atoms with Crippen LogP contribution in [0.3, 0.4) is 0 Å². The number of carboxylic acids is 1. The highest BCUT2D eigenvalue weighted by molar-refractivity contribution is 5.84. The summed E-state index contributed by atoms with van der Waals surface area (Å²) in [6.07, 6.45) is -2.42. The molecule has 0 bridgehead atoms. The summed E-state index contributed by atoms with van der Waals surface area (Å²) < 4.78 is 5.10. The summed E-state index contributed by atoms with van der Waals surface area (Å²) in [6.45, 7) is -1.01. The first-order chi connectivity index (χ1) is 12.4. The summed E-state index contributed by atoms with van der Waals surface area (Å²) >= 11 is 0. The van der Waals surface area contributed by atoms with Gasteiger partial charge in [-0.05, 0) is 11.6 Å². The molecule has 142 valence electrons. The lowest BCUT2D eigenvalue weighted by atomic mass is 10.0. The minimum atomic E-state index is -2.19. The van der Waals surface area contributed by atoms with Crippen molar-refractivity contribution < 1.29 is 35.1 Å². The molecule has 0 spiro atoms. The molecule has 2 aromatic rings. The Labute approximate surface area is 148 Å². The summed E-state index contributed by atoms with van der Waals surface area (Å²) in [5.41, 5.74) is 1.67. The third-order valence-corrected chi connectivity index (χ3v) is 4.70. The third-order valence-electron chi connectivity index (χ3n) is 4.70. The molecule has 0 aliphatic carbocycles. The maximum Gasteiger partial charge on any atom is 0.321 e. The molecule has 1 aromatic heterocycles. The molecule has 1 aliphatic heterocycles. The summed E-state index contributed by atoms with van der Waals surface area (Å²) in [6, 6.07) is 6.42. The van der Waals surface area contributed by atoms with Gasteiger partial charge in [0.05, 0.1) is 13.2 Å². The molecule has 1 aromatic carbocycles. The van der Waals surface area contributed by atoms with Crippen LogP contribution in [0.5, 0.6) is 0 Å². The quantitative estimate of drug-likeness (QED) is 0.314. The van der Waals surface area contributed by atoms with Crippen molar-refractivity contribution in [1.29, 1.82) is 0 Å². The van der Waals surface area contributed by atoms with E-state index in [9.17, 15) is 25.2 Å². The fraction of sp³-hybridized carbons (Fsp3) is 0.471. The minimum Gasteiger partial charge on any atom is -0.480 e. The number of aliphatic hydroxyl groups is 4. The van der Waals surface area contributed by atoms with Crippen molar-refractivity contribution in [1.82, 2.24) is 10.3 Å². The molecule has 1 aliphatic rings. The Bertz CT molecular complexity index is 779. The third kappa shape index (κ3) is 3.45. The Morgan fingerprint density at radius 2 is 2.08 bits per heavy atom. The van der Waals surface area contributed by atoms with Crippen molar-refractivity contribution in [3.05, 3.63) is 36.0 Å². The van der Waals surface area contributed by atoms with E-state index in [1.807, 2.05) is 24.3 Å².